The van der Waals surface area contributed by atoms with Crippen molar-refractivity contribution in [3.63, 3.8) is 0 Å². The van der Waals surface area contributed by atoms with Crippen molar-refractivity contribution in [1.82, 2.24) is 5.32 Å². The van der Waals surface area contributed by atoms with Gasteiger partial charge in [-0.25, -0.2) is 4.39 Å². The lowest BCUT2D eigenvalue weighted by Crippen LogP contribution is -2.47. The molecule has 8 heteroatoms. The monoisotopic (exact) mass is 427 g/mol. The van der Waals surface area contributed by atoms with E-state index in [2.05, 4.69) is 15.5 Å². The number of thiophene rings is 1. The van der Waals surface area contributed by atoms with Crippen molar-refractivity contribution in [2.24, 2.45) is 0 Å². The van der Waals surface area contributed by atoms with Crippen LogP contribution in [0.25, 0.3) is 0 Å². The van der Waals surface area contributed by atoms with Gasteiger partial charge in [0.1, 0.15) is 5.82 Å². The molecule has 1 aromatic carbocycles. The molecule has 3 heterocycles. The summed E-state index contributed by atoms with van der Waals surface area (Å²) in [5.41, 5.74) is 1.88. The average Bonchev–Trinajstić information content (AvgIpc) is 3.40. The smallest absolute Gasteiger partial charge is 0.291 e. The van der Waals surface area contributed by atoms with Crippen LogP contribution in [0.15, 0.2) is 53.1 Å². The molecule has 2 N–H and O–H groups in total. The zero-order valence-corrected chi connectivity index (χ0v) is 17.3. The molecule has 3 aromatic rings. The van der Waals surface area contributed by atoms with Gasteiger partial charge in [0.05, 0.1) is 16.1 Å². The molecule has 2 amide bonds. The van der Waals surface area contributed by atoms with Crippen LogP contribution in [0.5, 0.6) is 0 Å². The Morgan fingerprint density at radius 2 is 2.07 bits per heavy atom. The first kappa shape index (κ1) is 20.2. The van der Waals surface area contributed by atoms with E-state index >= 15 is 0 Å². The standard InChI is InChI=1S/C22H22FN3O3S/c1-14-12-15(23)6-7-17(14)26-10-2-4-16(13-26)24-22(28)19-8-9-20(30-19)25-21(27)18-5-3-11-29-18/h3,5-9,11-12,16H,2,4,10,13H2,1H3,(H,24,28)(H,25,27). The van der Waals surface area contributed by atoms with E-state index in [0.717, 1.165) is 30.6 Å². The number of piperidine rings is 1. The number of hydrogen-bond donors (Lipinski definition) is 2. The lowest BCUT2D eigenvalue weighted by Gasteiger charge is -2.35. The highest BCUT2D eigenvalue weighted by Gasteiger charge is 2.24. The van der Waals surface area contributed by atoms with Crippen molar-refractivity contribution in [3.8, 4) is 0 Å². The number of anilines is 2. The molecule has 156 valence electrons. The molecular formula is C22H22FN3O3S. The second kappa shape index (κ2) is 8.71. The van der Waals surface area contributed by atoms with Crippen molar-refractivity contribution in [3.05, 3.63) is 70.7 Å². The summed E-state index contributed by atoms with van der Waals surface area (Å²) in [6.07, 6.45) is 3.26. The van der Waals surface area contributed by atoms with Crippen LogP contribution in [0.3, 0.4) is 0 Å². The van der Waals surface area contributed by atoms with Gasteiger partial charge in [-0.1, -0.05) is 0 Å². The summed E-state index contributed by atoms with van der Waals surface area (Å²) in [6.45, 7) is 3.44. The molecule has 1 fully saturated rings. The number of rotatable bonds is 5. The van der Waals surface area contributed by atoms with E-state index in [1.165, 1.54) is 29.7 Å². The third kappa shape index (κ3) is 4.54. The van der Waals surface area contributed by atoms with Crippen molar-refractivity contribution in [1.29, 1.82) is 0 Å². The van der Waals surface area contributed by atoms with Gasteiger partial charge in [0.2, 0.25) is 0 Å². The zero-order chi connectivity index (χ0) is 21.1. The predicted molar refractivity (Wildman–Crippen MR) is 115 cm³/mol. The number of halogens is 1. The van der Waals surface area contributed by atoms with Crippen molar-refractivity contribution in [2.75, 3.05) is 23.3 Å². The highest BCUT2D eigenvalue weighted by atomic mass is 32.1. The van der Waals surface area contributed by atoms with E-state index in [0.29, 0.717) is 16.4 Å². The fraction of sp³-hybridized carbons (Fsp3) is 0.273. The summed E-state index contributed by atoms with van der Waals surface area (Å²) in [6, 6.07) is 11.4. The van der Waals surface area contributed by atoms with Gasteiger partial charge >= 0.3 is 0 Å². The minimum Gasteiger partial charge on any atom is -0.459 e. The molecule has 0 radical (unpaired) electrons. The number of aryl methyl sites for hydroxylation is 1. The van der Waals surface area contributed by atoms with Crippen LogP contribution in [0.1, 0.15) is 38.6 Å². The van der Waals surface area contributed by atoms with Crippen LogP contribution in [0, 0.1) is 12.7 Å². The number of amides is 2. The SMILES string of the molecule is Cc1cc(F)ccc1N1CCCC(NC(=O)c2ccc(NC(=O)c3ccco3)s2)C1. The third-order valence-corrected chi connectivity index (χ3v) is 6.07. The summed E-state index contributed by atoms with van der Waals surface area (Å²) in [5, 5.41) is 6.39. The molecule has 1 unspecified atom stereocenters. The number of nitrogens with zero attached hydrogens (tertiary/aromatic N) is 1. The molecule has 4 rings (SSSR count). The van der Waals surface area contributed by atoms with E-state index in [9.17, 15) is 14.0 Å². The summed E-state index contributed by atoms with van der Waals surface area (Å²) >= 11 is 1.22. The van der Waals surface area contributed by atoms with E-state index in [-0.39, 0.29) is 29.4 Å². The largest absolute Gasteiger partial charge is 0.459 e. The Morgan fingerprint density at radius 1 is 1.20 bits per heavy atom. The Bertz CT molecular complexity index is 1050. The number of carbonyl (C=O) groups is 2. The first-order valence-electron chi connectivity index (χ1n) is 9.76. The molecule has 2 aromatic heterocycles. The number of benzene rings is 1. The lowest BCUT2D eigenvalue weighted by atomic mass is 10.0. The average molecular weight is 428 g/mol. The molecule has 0 spiro atoms. The van der Waals surface area contributed by atoms with Crippen LogP contribution in [-0.4, -0.2) is 30.9 Å². The molecule has 1 aliphatic heterocycles. The maximum atomic E-state index is 13.4. The second-order valence-corrected chi connectivity index (χ2v) is 8.37. The summed E-state index contributed by atoms with van der Waals surface area (Å²) in [4.78, 5) is 27.5. The van der Waals surface area contributed by atoms with Crippen molar-refractivity contribution >= 4 is 33.8 Å². The van der Waals surface area contributed by atoms with E-state index in [4.69, 9.17) is 4.42 Å². The molecule has 0 bridgehead atoms. The predicted octanol–water partition coefficient (Wildman–Crippen LogP) is 4.44. The fourth-order valence-corrected chi connectivity index (χ4v) is 4.46. The summed E-state index contributed by atoms with van der Waals surface area (Å²) in [5.74, 6) is -0.550. The van der Waals surface area contributed by atoms with Gasteiger partial charge in [-0.2, -0.15) is 0 Å². The molecular weight excluding hydrogens is 405 g/mol. The molecule has 1 aliphatic rings. The maximum Gasteiger partial charge on any atom is 0.291 e. The fourth-order valence-electron chi connectivity index (χ4n) is 3.65. The number of furan rings is 1. The van der Waals surface area contributed by atoms with Gasteiger partial charge < -0.3 is 20.0 Å². The third-order valence-electron chi connectivity index (χ3n) is 5.07. The molecule has 30 heavy (non-hydrogen) atoms. The molecule has 1 saturated heterocycles. The first-order valence-corrected chi connectivity index (χ1v) is 10.6. The maximum absolute atomic E-state index is 13.4. The molecule has 0 saturated carbocycles. The van der Waals surface area contributed by atoms with Gasteiger partial charge in [0.15, 0.2) is 5.76 Å². The second-order valence-electron chi connectivity index (χ2n) is 7.28. The molecule has 0 aliphatic carbocycles. The van der Waals surface area contributed by atoms with Crippen molar-refractivity contribution < 1.29 is 18.4 Å². The van der Waals surface area contributed by atoms with Crippen LogP contribution < -0.4 is 15.5 Å². The van der Waals surface area contributed by atoms with E-state index < -0.39 is 0 Å². The Balaban J connectivity index is 1.36. The molecule has 1 atom stereocenters. The van der Waals surface area contributed by atoms with Gasteiger partial charge in [-0.05, 0) is 67.8 Å². The lowest BCUT2D eigenvalue weighted by molar-refractivity contribution is 0.0936. The van der Waals surface area contributed by atoms with Gasteiger partial charge in [0, 0.05) is 24.8 Å². The summed E-state index contributed by atoms with van der Waals surface area (Å²) in [7, 11) is 0. The Morgan fingerprint density at radius 3 is 2.83 bits per heavy atom. The van der Waals surface area contributed by atoms with E-state index in [1.807, 2.05) is 6.92 Å². The molecule has 6 nitrogen and oxygen atoms in total. The van der Waals surface area contributed by atoms with Crippen LogP contribution >= 0.6 is 11.3 Å². The quantitative estimate of drug-likeness (QED) is 0.631. The van der Waals surface area contributed by atoms with E-state index in [1.54, 1.807) is 30.3 Å². The van der Waals surface area contributed by atoms with Crippen LogP contribution in [0.2, 0.25) is 0 Å². The topological polar surface area (TPSA) is 74.6 Å². The van der Waals surface area contributed by atoms with Gasteiger partial charge in [-0.3, -0.25) is 9.59 Å². The van der Waals surface area contributed by atoms with Crippen LogP contribution in [0.4, 0.5) is 15.1 Å². The normalized spacial score (nSPS) is 16.3. The Hall–Kier alpha value is -3.13. The van der Waals surface area contributed by atoms with Crippen molar-refractivity contribution in [2.45, 2.75) is 25.8 Å². The Labute approximate surface area is 177 Å². The zero-order valence-electron chi connectivity index (χ0n) is 16.5. The number of carbonyl (C=O) groups excluding carboxylic acids is 2. The Kier molecular flexibility index (Phi) is 5.85. The minimum absolute atomic E-state index is 0.000960. The summed E-state index contributed by atoms with van der Waals surface area (Å²) < 4.78 is 18.5. The van der Waals surface area contributed by atoms with Crippen LogP contribution in [-0.2, 0) is 0 Å². The number of nitrogens with one attached hydrogen (secondary N) is 2. The highest BCUT2D eigenvalue weighted by molar-refractivity contribution is 7.18. The minimum atomic E-state index is -0.355. The highest BCUT2D eigenvalue weighted by Crippen LogP contribution is 2.26. The van der Waals surface area contributed by atoms with Gasteiger partial charge in [0.25, 0.3) is 11.8 Å². The number of hydrogen-bond acceptors (Lipinski definition) is 5. The van der Waals surface area contributed by atoms with Gasteiger partial charge in [-0.15, -0.1) is 11.3 Å². The first-order chi connectivity index (χ1) is 14.5.